The van der Waals surface area contributed by atoms with E-state index in [2.05, 4.69) is 10.6 Å². The number of benzene rings is 1. The Kier molecular flexibility index (Phi) is 4.35. The van der Waals surface area contributed by atoms with Crippen molar-refractivity contribution in [3.8, 4) is 0 Å². The highest BCUT2D eigenvalue weighted by atomic mass is 35.5. The van der Waals surface area contributed by atoms with Crippen LogP contribution < -0.4 is 10.6 Å². The minimum Gasteiger partial charge on any atom is -0.355 e. The summed E-state index contributed by atoms with van der Waals surface area (Å²) in [5.74, 6) is -0.378. The third-order valence-corrected chi connectivity index (χ3v) is 2.71. The van der Waals surface area contributed by atoms with Crippen LogP contribution in [-0.2, 0) is 4.79 Å². The lowest BCUT2D eigenvalue weighted by Crippen LogP contribution is -2.28. The number of carbonyl (C=O) groups excluding carboxylic acids is 2. The summed E-state index contributed by atoms with van der Waals surface area (Å²) < 4.78 is 0. The number of hydrogen-bond acceptors (Lipinski definition) is 2. The molecule has 0 fully saturated rings. The van der Waals surface area contributed by atoms with E-state index in [1.165, 1.54) is 0 Å². The number of halogens is 1. The molecule has 1 aromatic rings. The normalized spacial score (nSPS) is 10.9. The maximum Gasteiger partial charge on any atom is 0.251 e. The summed E-state index contributed by atoms with van der Waals surface area (Å²) in [6, 6.07) is 4.75. The molecule has 1 aromatic carbocycles. The van der Waals surface area contributed by atoms with E-state index in [1.807, 2.05) is 0 Å². The quantitative estimate of drug-likeness (QED) is 0.866. The highest BCUT2D eigenvalue weighted by Gasteiger charge is 2.22. The van der Waals surface area contributed by atoms with Gasteiger partial charge in [-0.15, -0.1) is 0 Å². The van der Waals surface area contributed by atoms with E-state index in [9.17, 15) is 9.59 Å². The largest absolute Gasteiger partial charge is 0.355 e. The van der Waals surface area contributed by atoms with E-state index in [0.29, 0.717) is 16.3 Å². The summed E-state index contributed by atoms with van der Waals surface area (Å²) in [6.45, 7) is 5.41. The van der Waals surface area contributed by atoms with Crippen LogP contribution >= 0.6 is 11.6 Å². The maximum atomic E-state index is 11.9. The molecule has 0 aromatic heterocycles. The highest BCUT2D eigenvalue weighted by Crippen LogP contribution is 2.25. The Labute approximate surface area is 112 Å². The first-order chi connectivity index (χ1) is 8.25. The topological polar surface area (TPSA) is 58.2 Å². The molecular weight excluding hydrogens is 252 g/mol. The summed E-state index contributed by atoms with van der Waals surface area (Å²) in [7, 11) is 1.55. The predicted octanol–water partition coefficient (Wildman–Crippen LogP) is 2.68. The standard InChI is InChI=1S/C13H17ClN2O2/c1-13(2,3)12(18)16-10-7-8(11(17)15-4)5-6-9(10)14/h5-7H,1-4H3,(H,15,17)(H,16,18). The Morgan fingerprint density at radius 1 is 1.22 bits per heavy atom. The van der Waals surface area contributed by atoms with Gasteiger partial charge in [-0.3, -0.25) is 9.59 Å². The number of carbonyl (C=O) groups is 2. The molecule has 0 aliphatic heterocycles. The molecule has 0 aliphatic carbocycles. The third-order valence-electron chi connectivity index (χ3n) is 2.38. The summed E-state index contributed by atoms with van der Waals surface area (Å²) >= 11 is 5.99. The molecular formula is C13H17ClN2O2. The van der Waals surface area contributed by atoms with Crippen molar-refractivity contribution in [2.24, 2.45) is 5.41 Å². The van der Waals surface area contributed by atoms with Crippen molar-refractivity contribution < 1.29 is 9.59 Å². The second-order valence-corrected chi connectivity index (χ2v) is 5.39. The van der Waals surface area contributed by atoms with Gasteiger partial charge in [0.2, 0.25) is 5.91 Å². The van der Waals surface area contributed by atoms with Crippen molar-refractivity contribution in [2.45, 2.75) is 20.8 Å². The van der Waals surface area contributed by atoms with Crippen molar-refractivity contribution in [2.75, 3.05) is 12.4 Å². The van der Waals surface area contributed by atoms with Gasteiger partial charge in [0.1, 0.15) is 0 Å². The van der Waals surface area contributed by atoms with E-state index in [4.69, 9.17) is 11.6 Å². The Balaban J connectivity index is 3.02. The van der Waals surface area contributed by atoms with Gasteiger partial charge in [0, 0.05) is 18.0 Å². The Morgan fingerprint density at radius 2 is 1.83 bits per heavy atom. The fourth-order valence-electron chi connectivity index (χ4n) is 1.22. The predicted molar refractivity (Wildman–Crippen MR) is 72.9 cm³/mol. The molecule has 0 atom stereocenters. The molecule has 1 rings (SSSR count). The molecule has 0 spiro atoms. The van der Waals surface area contributed by atoms with Crippen LogP contribution in [0.2, 0.25) is 5.02 Å². The van der Waals surface area contributed by atoms with Gasteiger partial charge in [-0.25, -0.2) is 0 Å². The zero-order valence-electron chi connectivity index (χ0n) is 10.9. The minimum atomic E-state index is -0.521. The summed E-state index contributed by atoms with van der Waals surface area (Å²) in [5.41, 5.74) is 0.371. The van der Waals surface area contributed by atoms with Crippen LogP contribution in [-0.4, -0.2) is 18.9 Å². The number of hydrogen-bond donors (Lipinski definition) is 2. The van der Waals surface area contributed by atoms with Crippen LogP contribution in [0.5, 0.6) is 0 Å². The molecule has 0 heterocycles. The first kappa shape index (κ1) is 14.5. The van der Waals surface area contributed by atoms with Crippen molar-refractivity contribution >= 4 is 29.1 Å². The fraction of sp³-hybridized carbons (Fsp3) is 0.385. The molecule has 98 valence electrons. The second-order valence-electron chi connectivity index (χ2n) is 4.98. The Morgan fingerprint density at radius 3 is 2.33 bits per heavy atom. The molecule has 2 N–H and O–H groups in total. The minimum absolute atomic E-state index is 0.154. The monoisotopic (exact) mass is 268 g/mol. The van der Waals surface area contributed by atoms with Crippen molar-refractivity contribution in [1.82, 2.24) is 5.32 Å². The van der Waals surface area contributed by atoms with Gasteiger partial charge in [-0.1, -0.05) is 32.4 Å². The van der Waals surface area contributed by atoms with Gasteiger partial charge in [-0.2, -0.15) is 0 Å². The molecule has 0 saturated heterocycles. The lowest BCUT2D eigenvalue weighted by molar-refractivity contribution is -0.123. The van der Waals surface area contributed by atoms with Crippen molar-refractivity contribution in [3.05, 3.63) is 28.8 Å². The van der Waals surface area contributed by atoms with Gasteiger partial charge in [0.25, 0.3) is 5.91 Å². The first-order valence-electron chi connectivity index (χ1n) is 5.59. The van der Waals surface area contributed by atoms with Gasteiger partial charge < -0.3 is 10.6 Å². The van der Waals surface area contributed by atoms with E-state index < -0.39 is 5.41 Å². The average molecular weight is 269 g/mol. The van der Waals surface area contributed by atoms with Crippen molar-refractivity contribution in [1.29, 1.82) is 0 Å². The van der Waals surface area contributed by atoms with Crippen molar-refractivity contribution in [3.63, 3.8) is 0 Å². The lowest BCUT2D eigenvalue weighted by Gasteiger charge is -2.18. The molecule has 18 heavy (non-hydrogen) atoms. The Hall–Kier alpha value is -1.55. The Bertz CT molecular complexity index is 478. The number of nitrogens with one attached hydrogen (secondary N) is 2. The van der Waals surface area contributed by atoms with E-state index >= 15 is 0 Å². The molecule has 0 saturated carbocycles. The second kappa shape index (κ2) is 5.40. The lowest BCUT2D eigenvalue weighted by atomic mass is 9.95. The average Bonchev–Trinajstić information content (AvgIpc) is 2.29. The summed E-state index contributed by atoms with van der Waals surface area (Å²) in [5, 5.41) is 5.64. The first-order valence-corrected chi connectivity index (χ1v) is 5.96. The molecule has 2 amide bonds. The number of anilines is 1. The van der Waals surface area contributed by atoms with Crippen LogP contribution in [0.25, 0.3) is 0 Å². The van der Waals surface area contributed by atoms with Gasteiger partial charge in [-0.05, 0) is 18.2 Å². The van der Waals surface area contributed by atoms with Crippen LogP contribution in [0.1, 0.15) is 31.1 Å². The third kappa shape index (κ3) is 3.47. The number of rotatable bonds is 2. The van der Waals surface area contributed by atoms with E-state index in [1.54, 1.807) is 46.0 Å². The zero-order valence-corrected chi connectivity index (χ0v) is 11.7. The SMILES string of the molecule is CNC(=O)c1ccc(Cl)c(NC(=O)C(C)(C)C)c1. The zero-order chi connectivity index (χ0) is 13.9. The molecule has 0 radical (unpaired) electrons. The van der Waals surface area contributed by atoms with Gasteiger partial charge >= 0.3 is 0 Å². The molecule has 5 heteroatoms. The summed E-state index contributed by atoms with van der Waals surface area (Å²) in [4.78, 5) is 23.4. The van der Waals surface area contributed by atoms with Gasteiger partial charge in [0.15, 0.2) is 0 Å². The molecule has 0 bridgehead atoms. The van der Waals surface area contributed by atoms with Crippen LogP contribution in [0.4, 0.5) is 5.69 Å². The van der Waals surface area contributed by atoms with Crippen LogP contribution in [0, 0.1) is 5.41 Å². The van der Waals surface area contributed by atoms with E-state index in [-0.39, 0.29) is 11.8 Å². The highest BCUT2D eigenvalue weighted by molar-refractivity contribution is 6.34. The molecule has 4 nitrogen and oxygen atoms in total. The fourth-order valence-corrected chi connectivity index (χ4v) is 1.38. The van der Waals surface area contributed by atoms with Gasteiger partial charge in [0.05, 0.1) is 10.7 Å². The molecule has 0 aliphatic rings. The van der Waals surface area contributed by atoms with Crippen LogP contribution in [0.15, 0.2) is 18.2 Å². The number of amides is 2. The molecule has 0 unspecified atom stereocenters. The van der Waals surface area contributed by atoms with E-state index in [0.717, 1.165) is 0 Å². The maximum absolute atomic E-state index is 11.9. The smallest absolute Gasteiger partial charge is 0.251 e. The van der Waals surface area contributed by atoms with Crippen LogP contribution in [0.3, 0.4) is 0 Å². The summed E-state index contributed by atoms with van der Waals surface area (Å²) in [6.07, 6.45) is 0.